The Balaban J connectivity index is 1.90. The topological polar surface area (TPSA) is 51.2 Å². The lowest BCUT2D eigenvalue weighted by Crippen LogP contribution is -2.43. The van der Waals surface area contributed by atoms with E-state index in [2.05, 4.69) is 17.4 Å². The summed E-state index contributed by atoms with van der Waals surface area (Å²) in [6, 6.07) is 12.1. The molecule has 3 heteroatoms. The molecule has 0 radical (unpaired) electrons. The molecule has 1 heterocycles. The van der Waals surface area contributed by atoms with E-state index in [-0.39, 0.29) is 5.54 Å². The standard InChI is InChI=1S/C14H18N2O/c1-14(15,13-5-3-2-4-6-13)11-16-9-12-7-8-17-10-12/h2-8,10,16H,9,11,15H2,1H3. The molecule has 2 rings (SSSR count). The second-order valence-electron chi connectivity index (χ2n) is 4.52. The van der Waals surface area contributed by atoms with Gasteiger partial charge in [0.05, 0.1) is 18.1 Å². The quantitative estimate of drug-likeness (QED) is 0.828. The molecular formula is C14H18N2O. The highest BCUT2D eigenvalue weighted by molar-refractivity contribution is 5.23. The summed E-state index contributed by atoms with van der Waals surface area (Å²) in [7, 11) is 0. The first kappa shape index (κ1) is 11.9. The van der Waals surface area contributed by atoms with Gasteiger partial charge >= 0.3 is 0 Å². The van der Waals surface area contributed by atoms with Gasteiger partial charge in [0, 0.05) is 18.7 Å². The average molecular weight is 230 g/mol. The van der Waals surface area contributed by atoms with Crippen LogP contribution in [0.1, 0.15) is 18.1 Å². The molecule has 0 saturated heterocycles. The van der Waals surface area contributed by atoms with Crippen molar-refractivity contribution in [1.82, 2.24) is 5.32 Å². The molecule has 0 bridgehead atoms. The largest absolute Gasteiger partial charge is 0.472 e. The molecule has 17 heavy (non-hydrogen) atoms. The number of benzene rings is 1. The minimum absolute atomic E-state index is 0.356. The summed E-state index contributed by atoms with van der Waals surface area (Å²) in [6.45, 7) is 3.53. The van der Waals surface area contributed by atoms with Crippen molar-refractivity contribution in [2.24, 2.45) is 5.73 Å². The molecule has 0 spiro atoms. The van der Waals surface area contributed by atoms with E-state index >= 15 is 0 Å². The van der Waals surface area contributed by atoms with Crippen molar-refractivity contribution in [3.8, 4) is 0 Å². The molecular weight excluding hydrogens is 212 g/mol. The summed E-state index contributed by atoms with van der Waals surface area (Å²) in [5.41, 5.74) is 8.21. The van der Waals surface area contributed by atoms with E-state index in [1.807, 2.05) is 31.2 Å². The molecule has 1 unspecified atom stereocenters. The third-order valence-electron chi connectivity index (χ3n) is 2.83. The lowest BCUT2D eigenvalue weighted by Gasteiger charge is -2.25. The normalized spacial score (nSPS) is 14.5. The molecule has 1 aromatic heterocycles. The number of hydrogen-bond donors (Lipinski definition) is 2. The number of nitrogens with one attached hydrogen (secondary N) is 1. The van der Waals surface area contributed by atoms with Gasteiger partial charge in [-0.1, -0.05) is 30.3 Å². The molecule has 0 fully saturated rings. The van der Waals surface area contributed by atoms with Crippen LogP contribution in [0.3, 0.4) is 0 Å². The van der Waals surface area contributed by atoms with Gasteiger partial charge in [0.25, 0.3) is 0 Å². The zero-order chi connectivity index (χ0) is 12.1. The fraction of sp³-hybridized carbons (Fsp3) is 0.286. The van der Waals surface area contributed by atoms with Gasteiger partial charge in [0.2, 0.25) is 0 Å². The first-order chi connectivity index (χ1) is 8.18. The molecule has 2 aromatic rings. The SMILES string of the molecule is CC(N)(CNCc1ccoc1)c1ccccc1. The predicted octanol–water partition coefficient (Wildman–Crippen LogP) is 2.24. The van der Waals surface area contributed by atoms with Crippen LogP contribution in [0.15, 0.2) is 53.3 Å². The molecule has 3 nitrogen and oxygen atoms in total. The minimum atomic E-state index is -0.356. The average Bonchev–Trinajstić information content (AvgIpc) is 2.83. The predicted molar refractivity (Wildman–Crippen MR) is 68.4 cm³/mol. The first-order valence-electron chi connectivity index (χ1n) is 5.75. The highest BCUT2D eigenvalue weighted by Crippen LogP contribution is 2.16. The molecule has 1 atom stereocenters. The van der Waals surface area contributed by atoms with Gasteiger partial charge in [0.15, 0.2) is 0 Å². The maximum atomic E-state index is 6.29. The highest BCUT2D eigenvalue weighted by Gasteiger charge is 2.19. The second-order valence-corrected chi connectivity index (χ2v) is 4.52. The number of nitrogens with two attached hydrogens (primary N) is 1. The zero-order valence-electron chi connectivity index (χ0n) is 10.0. The van der Waals surface area contributed by atoms with E-state index in [4.69, 9.17) is 10.2 Å². The van der Waals surface area contributed by atoms with Crippen LogP contribution in [0.2, 0.25) is 0 Å². The fourth-order valence-corrected chi connectivity index (χ4v) is 1.78. The van der Waals surface area contributed by atoms with Crippen LogP contribution in [0.5, 0.6) is 0 Å². The summed E-state index contributed by atoms with van der Waals surface area (Å²) in [4.78, 5) is 0. The van der Waals surface area contributed by atoms with E-state index in [1.54, 1.807) is 12.5 Å². The monoisotopic (exact) mass is 230 g/mol. The third-order valence-corrected chi connectivity index (χ3v) is 2.83. The van der Waals surface area contributed by atoms with Crippen molar-refractivity contribution >= 4 is 0 Å². The Morgan fingerprint density at radius 1 is 1.24 bits per heavy atom. The lowest BCUT2D eigenvalue weighted by atomic mass is 9.93. The van der Waals surface area contributed by atoms with E-state index in [1.165, 1.54) is 0 Å². The van der Waals surface area contributed by atoms with Gasteiger partial charge < -0.3 is 15.5 Å². The second kappa shape index (κ2) is 5.17. The van der Waals surface area contributed by atoms with Gasteiger partial charge in [0.1, 0.15) is 0 Å². The van der Waals surface area contributed by atoms with Gasteiger partial charge in [-0.3, -0.25) is 0 Å². The highest BCUT2D eigenvalue weighted by atomic mass is 16.3. The minimum Gasteiger partial charge on any atom is -0.472 e. The lowest BCUT2D eigenvalue weighted by molar-refractivity contribution is 0.444. The summed E-state index contributed by atoms with van der Waals surface area (Å²) < 4.78 is 5.01. The molecule has 0 saturated carbocycles. The van der Waals surface area contributed by atoms with Crippen molar-refractivity contribution in [2.45, 2.75) is 19.0 Å². The van der Waals surface area contributed by atoms with E-state index in [0.717, 1.165) is 24.2 Å². The number of furan rings is 1. The first-order valence-corrected chi connectivity index (χ1v) is 5.75. The van der Waals surface area contributed by atoms with Gasteiger partial charge in [-0.2, -0.15) is 0 Å². The van der Waals surface area contributed by atoms with Crippen molar-refractivity contribution in [1.29, 1.82) is 0 Å². The van der Waals surface area contributed by atoms with E-state index < -0.39 is 0 Å². The Labute approximate surface area is 102 Å². The molecule has 0 aliphatic rings. The fourth-order valence-electron chi connectivity index (χ4n) is 1.78. The Morgan fingerprint density at radius 3 is 2.65 bits per heavy atom. The Bertz CT molecular complexity index is 435. The molecule has 1 aromatic carbocycles. The van der Waals surface area contributed by atoms with Crippen LogP contribution >= 0.6 is 0 Å². The number of hydrogen-bond acceptors (Lipinski definition) is 3. The molecule has 3 N–H and O–H groups in total. The van der Waals surface area contributed by atoms with Gasteiger partial charge in [-0.05, 0) is 18.6 Å². The van der Waals surface area contributed by atoms with Crippen molar-refractivity contribution in [3.05, 3.63) is 60.1 Å². The van der Waals surface area contributed by atoms with Crippen LogP contribution in [0, 0.1) is 0 Å². The summed E-state index contributed by atoms with van der Waals surface area (Å²) >= 11 is 0. The molecule has 90 valence electrons. The Morgan fingerprint density at radius 2 is 2.00 bits per heavy atom. The van der Waals surface area contributed by atoms with Crippen LogP contribution in [-0.2, 0) is 12.1 Å². The third kappa shape index (κ3) is 3.19. The van der Waals surface area contributed by atoms with Crippen molar-refractivity contribution in [2.75, 3.05) is 6.54 Å². The Kier molecular flexibility index (Phi) is 3.61. The van der Waals surface area contributed by atoms with Crippen LogP contribution in [0.25, 0.3) is 0 Å². The molecule has 0 aliphatic carbocycles. The molecule has 0 amide bonds. The van der Waals surface area contributed by atoms with Crippen LogP contribution in [-0.4, -0.2) is 6.54 Å². The number of rotatable bonds is 5. The zero-order valence-corrected chi connectivity index (χ0v) is 10.0. The van der Waals surface area contributed by atoms with Crippen LogP contribution < -0.4 is 11.1 Å². The summed E-state index contributed by atoms with van der Waals surface area (Å²) in [5.74, 6) is 0. The maximum absolute atomic E-state index is 6.29. The van der Waals surface area contributed by atoms with E-state index in [0.29, 0.717) is 0 Å². The van der Waals surface area contributed by atoms with E-state index in [9.17, 15) is 0 Å². The smallest absolute Gasteiger partial charge is 0.0947 e. The van der Waals surface area contributed by atoms with Crippen molar-refractivity contribution < 1.29 is 4.42 Å². The molecule has 0 aliphatic heterocycles. The van der Waals surface area contributed by atoms with Gasteiger partial charge in [-0.25, -0.2) is 0 Å². The summed E-state index contributed by atoms with van der Waals surface area (Å²) in [5, 5.41) is 3.34. The maximum Gasteiger partial charge on any atom is 0.0947 e. The Hall–Kier alpha value is -1.58. The van der Waals surface area contributed by atoms with Crippen LogP contribution in [0.4, 0.5) is 0 Å². The van der Waals surface area contributed by atoms with Crippen molar-refractivity contribution in [3.63, 3.8) is 0 Å². The summed E-state index contributed by atoms with van der Waals surface area (Å²) in [6.07, 6.45) is 3.42. The van der Waals surface area contributed by atoms with Gasteiger partial charge in [-0.15, -0.1) is 0 Å².